The van der Waals surface area contributed by atoms with Crippen molar-refractivity contribution in [2.24, 2.45) is 5.92 Å². The Morgan fingerprint density at radius 2 is 1.95 bits per heavy atom. The van der Waals surface area contributed by atoms with Crippen LogP contribution in [0.3, 0.4) is 0 Å². The number of hydrogen-bond donors (Lipinski definition) is 2. The molecule has 3 rings (SSSR count). The van der Waals surface area contributed by atoms with Crippen LogP contribution < -0.4 is 10.0 Å². The standard InChI is InChI=1S/C15H24N2O2S2/c1-11-8-15(20-14(11)10-16-13-6-7-13)21(18,19)17-9-12-4-2-3-5-12/h8,12-13,16-17H,2-7,9-10H2,1H3. The van der Waals surface area contributed by atoms with Crippen LogP contribution in [0.25, 0.3) is 0 Å². The number of aryl methyl sites for hydroxylation is 1. The minimum Gasteiger partial charge on any atom is -0.309 e. The summed E-state index contributed by atoms with van der Waals surface area (Å²) < 4.78 is 28.0. The van der Waals surface area contributed by atoms with Crippen molar-refractivity contribution in [3.8, 4) is 0 Å². The molecule has 21 heavy (non-hydrogen) atoms. The number of hydrogen-bond acceptors (Lipinski definition) is 4. The van der Waals surface area contributed by atoms with Crippen molar-refractivity contribution in [3.05, 3.63) is 16.5 Å². The molecule has 2 aliphatic carbocycles. The van der Waals surface area contributed by atoms with Gasteiger partial charge in [0.05, 0.1) is 0 Å². The van der Waals surface area contributed by atoms with Gasteiger partial charge in [0.2, 0.25) is 10.0 Å². The van der Waals surface area contributed by atoms with Gasteiger partial charge < -0.3 is 5.32 Å². The first kappa shape index (κ1) is 15.5. The van der Waals surface area contributed by atoms with Crippen LogP contribution in [0.1, 0.15) is 49.0 Å². The second-order valence-corrected chi connectivity index (χ2v) is 9.46. The number of sulfonamides is 1. The molecule has 6 heteroatoms. The highest BCUT2D eigenvalue weighted by Crippen LogP contribution is 2.28. The molecule has 118 valence electrons. The Balaban J connectivity index is 1.61. The zero-order chi connectivity index (χ0) is 14.9. The normalized spacial score (nSPS) is 20.2. The summed E-state index contributed by atoms with van der Waals surface area (Å²) in [6, 6.07) is 2.46. The van der Waals surface area contributed by atoms with E-state index in [1.54, 1.807) is 0 Å². The lowest BCUT2D eigenvalue weighted by atomic mass is 10.1. The minimum absolute atomic E-state index is 0.464. The van der Waals surface area contributed by atoms with E-state index in [0.717, 1.165) is 29.8 Å². The van der Waals surface area contributed by atoms with E-state index in [9.17, 15) is 8.42 Å². The molecule has 0 radical (unpaired) electrons. The first-order chi connectivity index (χ1) is 10.0. The van der Waals surface area contributed by atoms with Crippen LogP contribution in [0.4, 0.5) is 0 Å². The zero-order valence-electron chi connectivity index (χ0n) is 12.5. The molecular weight excluding hydrogens is 304 g/mol. The molecule has 2 fully saturated rings. The third kappa shape index (κ3) is 4.06. The fourth-order valence-electron chi connectivity index (χ4n) is 2.83. The van der Waals surface area contributed by atoms with Crippen molar-refractivity contribution < 1.29 is 8.42 Å². The summed E-state index contributed by atoms with van der Waals surface area (Å²) in [6.45, 7) is 3.38. The predicted octanol–water partition coefficient (Wildman–Crippen LogP) is 2.78. The monoisotopic (exact) mass is 328 g/mol. The van der Waals surface area contributed by atoms with Crippen molar-refractivity contribution in [1.29, 1.82) is 0 Å². The molecule has 0 atom stereocenters. The van der Waals surface area contributed by atoms with Gasteiger partial charge in [0, 0.05) is 24.0 Å². The van der Waals surface area contributed by atoms with Gasteiger partial charge in [0.25, 0.3) is 0 Å². The lowest BCUT2D eigenvalue weighted by Gasteiger charge is -2.09. The van der Waals surface area contributed by atoms with E-state index in [4.69, 9.17) is 0 Å². The number of rotatable bonds is 7. The lowest BCUT2D eigenvalue weighted by molar-refractivity contribution is 0.520. The van der Waals surface area contributed by atoms with Crippen molar-refractivity contribution >= 4 is 21.4 Å². The maximum absolute atomic E-state index is 12.4. The molecule has 1 heterocycles. The van der Waals surface area contributed by atoms with E-state index >= 15 is 0 Å². The first-order valence-corrected chi connectivity index (χ1v) is 10.2. The maximum atomic E-state index is 12.4. The van der Waals surface area contributed by atoms with E-state index in [0.29, 0.717) is 22.7 Å². The molecule has 0 bridgehead atoms. The molecule has 0 aromatic carbocycles. The van der Waals surface area contributed by atoms with Crippen LogP contribution in [-0.4, -0.2) is 21.0 Å². The van der Waals surface area contributed by atoms with Gasteiger partial charge in [-0.2, -0.15) is 0 Å². The summed E-state index contributed by atoms with van der Waals surface area (Å²) in [7, 11) is -3.33. The molecule has 2 saturated carbocycles. The number of nitrogens with one attached hydrogen (secondary N) is 2. The summed E-state index contributed by atoms with van der Waals surface area (Å²) >= 11 is 1.41. The first-order valence-electron chi connectivity index (χ1n) is 7.87. The largest absolute Gasteiger partial charge is 0.309 e. The maximum Gasteiger partial charge on any atom is 0.250 e. The van der Waals surface area contributed by atoms with Gasteiger partial charge >= 0.3 is 0 Å². The van der Waals surface area contributed by atoms with E-state index in [-0.39, 0.29) is 0 Å². The van der Waals surface area contributed by atoms with E-state index < -0.39 is 10.0 Å². The Morgan fingerprint density at radius 1 is 1.24 bits per heavy atom. The van der Waals surface area contributed by atoms with Crippen molar-refractivity contribution in [1.82, 2.24) is 10.0 Å². The minimum atomic E-state index is -3.33. The quantitative estimate of drug-likeness (QED) is 0.809. The van der Waals surface area contributed by atoms with Crippen molar-refractivity contribution in [2.75, 3.05) is 6.54 Å². The van der Waals surface area contributed by atoms with Crippen LogP contribution in [0.15, 0.2) is 10.3 Å². The summed E-state index contributed by atoms with van der Waals surface area (Å²) in [5, 5.41) is 3.45. The fraction of sp³-hybridized carbons (Fsp3) is 0.733. The highest BCUT2D eigenvalue weighted by atomic mass is 32.2. The van der Waals surface area contributed by atoms with Gasteiger partial charge in [0.15, 0.2) is 0 Å². The Kier molecular flexibility index (Phi) is 4.69. The van der Waals surface area contributed by atoms with E-state index in [2.05, 4.69) is 10.0 Å². The van der Waals surface area contributed by atoms with Gasteiger partial charge in [0.1, 0.15) is 4.21 Å². The topological polar surface area (TPSA) is 58.2 Å². The highest BCUT2D eigenvalue weighted by molar-refractivity contribution is 7.91. The SMILES string of the molecule is Cc1cc(S(=O)(=O)NCC2CCCC2)sc1CNC1CC1. The molecule has 2 aliphatic rings. The van der Waals surface area contributed by atoms with Crippen LogP contribution in [-0.2, 0) is 16.6 Å². The Bertz CT molecular complexity index is 585. The molecule has 0 saturated heterocycles. The molecular formula is C15H24N2O2S2. The molecule has 4 nitrogen and oxygen atoms in total. The van der Waals surface area contributed by atoms with Gasteiger partial charge in [-0.15, -0.1) is 11.3 Å². The smallest absolute Gasteiger partial charge is 0.250 e. The van der Waals surface area contributed by atoms with Gasteiger partial charge in [-0.25, -0.2) is 13.1 Å². The summed E-state index contributed by atoms with van der Waals surface area (Å²) in [4.78, 5) is 1.14. The fourth-order valence-corrected chi connectivity index (χ4v) is 5.53. The van der Waals surface area contributed by atoms with E-state index in [1.165, 1.54) is 37.0 Å². The molecule has 0 unspecified atom stereocenters. The predicted molar refractivity (Wildman–Crippen MR) is 86.1 cm³/mol. The van der Waals surface area contributed by atoms with Crippen LogP contribution in [0.5, 0.6) is 0 Å². The molecule has 1 aromatic rings. The van der Waals surface area contributed by atoms with Gasteiger partial charge in [-0.3, -0.25) is 0 Å². The summed E-state index contributed by atoms with van der Waals surface area (Å²) in [6.07, 6.45) is 7.28. The molecule has 1 aromatic heterocycles. The molecule has 0 spiro atoms. The number of thiophene rings is 1. The molecule has 2 N–H and O–H groups in total. The lowest BCUT2D eigenvalue weighted by Crippen LogP contribution is -2.27. The average Bonchev–Trinajstić information content (AvgIpc) is 2.98. The van der Waals surface area contributed by atoms with Crippen molar-refractivity contribution in [2.45, 2.75) is 62.2 Å². The second-order valence-electron chi connectivity index (χ2n) is 6.33. The summed E-state index contributed by atoms with van der Waals surface area (Å²) in [5.74, 6) is 0.525. The third-order valence-corrected chi connectivity index (χ3v) is 7.56. The second kappa shape index (κ2) is 6.36. The van der Waals surface area contributed by atoms with Crippen molar-refractivity contribution in [3.63, 3.8) is 0 Å². The highest BCUT2D eigenvalue weighted by Gasteiger charge is 2.24. The average molecular weight is 329 g/mol. The van der Waals surface area contributed by atoms with Gasteiger partial charge in [-0.1, -0.05) is 12.8 Å². The Morgan fingerprint density at radius 3 is 2.62 bits per heavy atom. The van der Waals surface area contributed by atoms with Crippen LogP contribution in [0.2, 0.25) is 0 Å². The third-order valence-electron chi connectivity index (χ3n) is 4.43. The van der Waals surface area contributed by atoms with Gasteiger partial charge in [-0.05, 0) is 50.2 Å². The Labute approximate surface area is 131 Å². The van der Waals surface area contributed by atoms with Crippen LogP contribution >= 0.6 is 11.3 Å². The zero-order valence-corrected chi connectivity index (χ0v) is 14.2. The van der Waals surface area contributed by atoms with E-state index in [1.807, 2.05) is 13.0 Å². The Hall–Kier alpha value is -0.430. The summed E-state index contributed by atoms with van der Waals surface area (Å²) in [5.41, 5.74) is 1.08. The molecule has 0 aliphatic heterocycles. The van der Waals surface area contributed by atoms with Crippen LogP contribution in [0, 0.1) is 12.8 Å². The molecule has 0 amide bonds.